The molecular weight excluding hydrogens is 290 g/mol. The number of nitrogens with one attached hydrogen (secondary N) is 1. The first-order valence-corrected chi connectivity index (χ1v) is 6.12. The largest absolute Gasteiger partial charge is 0.433 e. The third-order valence-corrected chi connectivity index (χ3v) is 2.32. The molecule has 0 atom stereocenters. The van der Waals surface area contributed by atoms with Crippen molar-refractivity contribution in [3.63, 3.8) is 0 Å². The third-order valence-electron chi connectivity index (χ3n) is 2.32. The van der Waals surface area contributed by atoms with Gasteiger partial charge < -0.3 is 9.15 Å². The SMILES string of the molecule is O=C(N/N=C/C=C/c1ccc([N+](=O)[O-])o1)Oc1ccccc1. The van der Waals surface area contributed by atoms with Gasteiger partial charge >= 0.3 is 12.0 Å². The smallest absolute Gasteiger partial charge is 0.409 e. The van der Waals surface area contributed by atoms with Gasteiger partial charge in [0.05, 0.1) is 6.07 Å². The Morgan fingerprint density at radius 2 is 2.05 bits per heavy atom. The molecule has 8 nitrogen and oxygen atoms in total. The average Bonchev–Trinajstić information content (AvgIpc) is 2.97. The Hall–Kier alpha value is -3.42. The van der Waals surface area contributed by atoms with Gasteiger partial charge in [-0.3, -0.25) is 10.1 Å². The fourth-order valence-electron chi connectivity index (χ4n) is 1.42. The van der Waals surface area contributed by atoms with Crippen molar-refractivity contribution in [3.8, 4) is 5.75 Å². The van der Waals surface area contributed by atoms with Crippen LogP contribution >= 0.6 is 0 Å². The lowest BCUT2D eigenvalue weighted by Crippen LogP contribution is -2.21. The maximum absolute atomic E-state index is 11.4. The number of hydrogen-bond acceptors (Lipinski definition) is 6. The number of hydrazone groups is 1. The highest BCUT2D eigenvalue weighted by molar-refractivity contribution is 5.79. The van der Waals surface area contributed by atoms with Crippen LogP contribution in [0.5, 0.6) is 5.75 Å². The zero-order valence-corrected chi connectivity index (χ0v) is 11.2. The number of nitro groups is 1. The highest BCUT2D eigenvalue weighted by atomic mass is 16.6. The molecule has 1 heterocycles. The second-order valence-corrected chi connectivity index (χ2v) is 3.88. The molecule has 1 aromatic heterocycles. The molecule has 112 valence electrons. The Morgan fingerprint density at radius 3 is 2.73 bits per heavy atom. The molecule has 1 N–H and O–H groups in total. The molecule has 0 spiro atoms. The van der Waals surface area contributed by atoms with E-state index in [2.05, 4.69) is 10.5 Å². The van der Waals surface area contributed by atoms with Crippen molar-refractivity contribution in [1.82, 2.24) is 5.43 Å². The molecule has 1 amide bonds. The molecule has 8 heteroatoms. The van der Waals surface area contributed by atoms with Crippen LogP contribution in [0, 0.1) is 10.1 Å². The Balaban J connectivity index is 1.78. The van der Waals surface area contributed by atoms with Gasteiger partial charge in [0.2, 0.25) is 0 Å². The maximum Gasteiger partial charge on any atom is 0.433 e. The summed E-state index contributed by atoms with van der Waals surface area (Å²) in [4.78, 5) is 21.1. The lowest BCUT2D eigenvalue weighted by atomic mass is 10.3. The quantitative estimate of drug-likeness (QED) is 0.519. The second kappa shape index (κ2) is 7.39. The van der Waals surface area contributed by atoms with Crippen molar-refractivity contribution in [1.29, 1.82) is 0 Å². The summed E-state index contributed by atoms with van der Waals surface area (Å²) in [6.07, 6.45) is 3.46. The summed E-state index contributed by atoms with van der Waals surface area (Å²) in [6, 6.07) is 11.2. The van der Waals surface area contributed by atoms with Gasteiger partial charge in [0.15, 0.2) is 0 Å². The van der Waals surface area contributed by atoms with E-state index in [1.807, 2.05) is 0 Å². The van der Waals surface area contributed by atoms with Gasteiger partial charge in [-0.15, -0.1) is 0 Å². The molecule has 0 radical (unpaired) electrons. The maximum atomic E-state index is 11.4. The number of para-hydroxylation sites is 1. The van der Waals surface area contributed by atoms with E-state index in [1.54, 1.807) is 30.3 Å². The molecule has 0 unspecified atom stereocenters. The number of benzene rings is 1. The standard InChI is InChI=1S/C14H11N3O5/c18-14(22-11-5-2-1-3-6-11)16-15-10-4-7-12-8-9-13(21-12)17(19)20/h1-10H,(H,16,18)/b7-4+,15-10+. The van der Waals surface area contributed by atoms with Crippen LogP contribution in [0.3, 0.4) is 0 Å². The first-order chi connectivity index (χ1) is 10.6. The normalized spacial score (nSPS) is 10.9. The minimum atomic E-state index is -0.732. The van der Waals surface area contributed by atoms with Crippen LogP contribution in [0.25, 0.3) is 6.08 Å². The summed E-state index contributed by atoms with van der Waals surface area (Å²) in [5.74, 6) is 0.347. The molecule has 0 saturated heterocycles. The third kappa shape index (κ3) is 4.60. The van der Waals surface area contributed by atoms with E-state index in [0.29, 0.717) is 11.5 Å². The lowest BCUT2D eigenvalue weighted by molar-refractivity contribution is -0.402. The number of amides is 1. The topological polar surface area (TPSA) is 107 Å². The summed E-state index contributed by atoms with van der Waals surface area (Å²) >= 11 is 0. The molecule has 0 saturated carbocycles. The summed E-state index contributed by atoms with van der Waals surface area (Å²) in [5.41, 5.74) is 2.16. The van der Waals surface area contributed by atoms with E-state index < -0.39 is 11.0 Å². The lowest BCUT2D eigenvalue weighted by Gasteiger charge is -2.01. The monoisotopic (exact) mass is 301 g/mol. The van der Waals surface area contributed by atoms with Crippen LogP contribution in [0.1, 0.15) is 5.76 Å². The first kappa shape index (κ1) is 15.0. The molecule has 2 rings (SSSR count). The molecular formula is C14H11N3O5. The van der Waals surface area contributed by atoms with Gasteiger partial charge in [0, 0.05) is 6.21 Å². The van der Waals surface area contributed by atoms with E-state index in [4.69, 9.17) is 9.15 Å². The number of ether oxygens (including phenoxy) is 1. The van der Waals surface area contributed by atoms with Crippen LogP contribution in [-0.4, -0.2) is 17.2 Å². The molecule has 0 aliphatic heterocycles. The molecule has 0 fully saturated rings. The highest BCUT2D eigenvalue weighted by Crippen LogP contribution is 2.16. The zero-order chi connectivity index (χ0) is 15.8. The van der Waals surface area contributed by atoms with E-state index in [0.717, 1.165) is 0 Å². The summed E-state index contributed by atoms with van der Waals surface area (Å²) in [6.45, 7) is 0. The predicted octanol–water partition coefficient (Wildman–Crippen LogP) is 2.98. The molecule has 1 aromatic carbocycles. The molecule has 0 aliphatic rings. The number of furan rings is 1. The van der Waals surface area contributed by atoms with Crippen LogP contribution in [0.15, 0.2) is 58.1 Å². The van der Waals surface area contributed by atoms with Crippen LogP contribution in [-0.2, 0) is 0 Å². The predicted molar refractivity (Wildman–Crippen MR) is 78.5 cm³/mol. The van der Waals surface area contributed by atoms with Gasteiger partial charge in [-0.1, -0.05) is 18.2 Å². The number of nitrogens with zero attached hydrogens (tertiary/aromatic N) is 2. The number of rotatable bonds is 5. The van der Waals surface area contributed by atoms with Gasteiger partial charge in [-0.25, -0.2) is 10.2 Å². The van der Waals surface area contributed by atoms with Gasteiger partial charge in [-0.05, 0) is 30.4 Å². The Labute approximate surface area is 124 Å². The Kier molecular flexibility index (Phi) is 5.03. The fraction of sp³-hybridized carbons (Fsp3) is 0. The van der Waals surface area contributed by atoms with Crippen molar-refractivity contribution in [2.75, 3.05) is 0 Å². The van der Waals surface area contributed by atoms with Crippen LogP contribution in [0.2, 0.25) is 0 Å². The van der Waals surface area contributed by atoms with Gasteiger partial charge in [-0.2, -0.15) is 5.10 Å². The molecule has 0 aliphatic carbocycles. The summed E-state index contributed by atoms with van der Waals surface area (Å²) in [5, 5.41) is 14.0. The van der Waals surface area contributed by atoms with Gasteiger partial charge in [0.25, 0.3) is 0 Å². The Morgan fingerprint density at radius 1 is 1.27 bits per heavy atom. The summed E-state index contributed by atoms with van der Waals surface area (Å²) in [7, 11) is 0. The fourth-order valence-corrected chi connectivity index (χ4v) is 1.42. The van der Waals surface area contributed by atoms with Crippen molar-refractivity contribution in [3.05, 3.63) is 64.4 Å². The van der Waals surface area contributed by atoms with Crippen molar-refractivity contribution >= 4 is 24.3 Å². The van der Waals surface area contributed by atoms with Gasteiger partial charge in [0.1, 0.15) is 16.4 Å². The van der Waals surface area contributed by atoms with Crippen LogP contribution in [0.4, 0.5) is 10.7 Å². The van der Waals surface area contributed by atoms with Crippen molar-refractivity contribution in [2.24, 2.45) is 5.10 Å². The average molecular weight is 301 g/mol. The highest BCUT2D eigenvalue weighted by Gasteiger charge is 2.09. The minimum Gasteiger partial charge on any atom is -0.409 e. The molecule has 22 heavy (non-hydrogen) atoms. The van der Waals surface area contributed by atoms with Crippen molar-refractivity contribution < 1.29 is 18.9 Å². The van der Waals surface area contributed by atoms with Crippen LogP contribution < -0.4 is 10.2 Å². The van der Waals surface area contributed by atoms with E-state index in [-0.39, 0.29) is 5.88 Å². The molecule has 2 aromatic rings. The number of hydrogen-bond donors (Lipinski definition) is 1. The van der Waals surface area contributed by atoms with E-state index in [9.17, 15) is 14.9 Å². The van der Waals surface area contributed by atoms with E-state index >= 15 is 0 Å². The first-order valence-electron chi connectivity index (χ1n) is 6.12. The number of carbonyl (C=O) groups excluding carboxylic acids is 1. The number of carbonyl (C=O) groups is 1. The van der Waals surface area contributed by atoms with E-state index in [1.165, 1.54) is 30.5 Å². The van der Waals surface area contributed by atoms with Crippen molar-refractivity contribution in [2.45, 2.75) is 0 Å². The number of allylic oxidation sites excluding steroid dienone is 1. The zero-order valence-electron chi connectivity index (χ0n) is 11.2. The molecule has 0 bridgehead atoms. The minimum absolute atomic E-state index is 0.296. The summed E-state index contributed by atoms with van der Waals surface area (Å²) < 4.78 is 9.82. The second-order valence-electron chi connectivity index (χ2n) is 3.88. The Bertz CT molecular complexity index is 706.